The molecule has 2 nitrogen and oxygen atoms in total. The Balaban J connectivity index is 2.97. The molecule has 0 aliphatic heterocycles. The van der Waals surface area contributed by atoms with Crippen LogP contribution >= 0.6 is 23.2 Å². The lowest BCUT2D eigenvalue weighted by atomic mass is 10.1. The molecule has 0 aromatic heterocycles. The third-order valence-electron chi connectivity index (χ3n) is 1.93. The van der Waals surface area contributed by atoms with Gasteiger partial charge in [-0.1, -0.05) is 11.6 Å². The predicted molar refractivity (Wildman–Crippen MR) is 58.3 cm³/mol. The second-order valence-corrected chi connectivity index (χ2v) is 3.69. The van der Waals surface area contributed by atoms with Gasteiger partial charge in [-0.3, -0.25) is 0 Å². The fourth-order valence-electron chi connectivity index (χ4n) is 1.22. The van der Waals surface area contributed by atoms with Gasteiger partial charge in [0.2, 0.25) is 0 Å². The summed E-state index contributed by atoms with van der Waals surface area (Å²) in [7, 11) is 1.56. The van der Waals surface area contributed by atoms with Gasteiger partial charge in [-0.2, -0.15) is 0 Å². The number of hydrogen-bond donors (Lipinski definition) is 1. The summed E-state index contributed by atoms with van der Waals surface area (Å²) < 4.78 is 5.11. The van der Waals surface area contributed by atoms with Crippen LogP contribution in [0.1, 0.15) is 18.1 Å². The lowest BCUT2D eigenvalue weighted by Crippen LogP contribution is -2.01. The van der Waals surface area contributed by atoms with Crippen LogP contribution in [0.4, 0.5) is 0 Å². The highest BCUT2D eigenvalue weighted by Gasteiger charge is 2.12. The number of alkyl halides is 1. The maximum absolute atomic E-state index is 9.73. The maximum Gasteiger partial charge on any atom is 0.124 e. The van der Waals surface area contributed by atoms with Crippen LogP contribution in [-0.2, 0) is 0 Å². The van der Waals surface area contributed by atoms with E-state index in [0.29, 0.717) is 28.6 Å². The van der Waals surface area contributed by atoms with Crippen molar-refractivity contribution in [3.63, 3.8) is 0 Å². The second kappa shape index (κ2) is 5.44. The Bertz CT molecular complexity index is 302. The van der Waals surface area contributed by atoms with Gasteiger partial charge < -0.3 is 9.84 Å². The van der Waals surface area contributed by atoms with Crippen LogP contribution < -0.4 is 4.74 Å². The number of hydrogen-bond acceptors (Lipinski definition) is 2. The van der Waals surface area contributed by atoms with Crippen LogP contribution in [-0.4, -0.2) is 18.1 Å². The van der Waals surface area contributed by atoms with Gasteiger partial charge in [0.05, 0.1) is 13.2 Å². The number of ether oxygens (including phenoxy) is 1. The molecule has 14 heavy (non-hydrogen) atoms. The SMILES string of the molecule is COc1ccc(Cl)cc1C(O)CCCl. The minimum absolute atomic E-state index is 0.400. The van der Waals surface area contributed by atoms with Gasteiger partial charge in [-0.15, -0.1) is 11.6 Å². The zero-order valence-electron chi connectivity index (χ0n) is 7.84. The Morgan fingerprint density at radius 1 is 1.50 bits per heavy atom. The number of rotatable bonds is 4. The van der Waals surface area contributed by atoms with Gasteiger partial charge in [0.1, 0.15) is 5.75 Å². The van der Waals surface area contributed by atoms with Crippen molar-refractivity contribution in [3.8, 4) is 5.75 Å². The van der Waals surface area contributed by atoms with Crippen molar-refractivity contribution in [3.05, 3.63) is 28.8 Å². The van der Waals surface area contributed by atoms with Crippen LogP contribution in [0.15, 0.2) is 18.2 Å². The summed E-state index contributed by atoms with van der Waals surface area (Å²) in [5, 5.41) is 10.3. The quantitative estimate of drug-likeness (QED) is 0.813. The van der Waals surface area contributed by atoms with E-state index in [4.69, 9.17) is 27.9 Å². The van der Waals surface area contributed by atoms with E-state index in [2.05, 4.69) is 0 Å². The normalized spacial score (nSPS) is 12.6. The lowest BCUT2D eigenvalue weighted by Gasteiger charge is -2.13. The topological polar surface area (TPSA) is 29.5 Å². The van der Waals surface area contributed by atoms with Crippen LogP contribution in [0.3, 0.4) is 0 Å². The number of aliphatic hydroxyl groups is 1. The molecule has 1 rings (SSSR count). The van der Waals surface area contributed by atoms with Crippen molar-refractivity contribution in [1.29, 1.82) is 0 Å². The molecule has 0 saturated heterocycles. The Labute approximate surface area is 93.4 Å². The zero-order valence-corrected chi connectivity index (χ0v) is 9.35. The highest BCUT2D eigenvalue weighted by Crippen LogP contribution is 2.29. The first-order chi connectivity index (χ1) is 6.69. The molecule has 1 N–H and O–H groups in total. The summed E-state index contributed by atoms with van der Waals surface area (Å²) >= 11 is 11.4. The van der Waals surface area contributed by atoms with Gasteiger partial charge in [0.25, 0.3) is 0 Å². The Morgan fingerprint density at radius 3 is 2.79 bits per heavy atom. The second-order valence-electron chi connectivity index (χ2n) is 2.88. The molecule has 1 aromatic rings. The smallest absolute Gasteiger partial charge is 0.124 e. The largest absolute Gasteiger partial charge is 0.496 e. The molecule has 1 aromatic carbocycles. The Kier molecular flexibility index (Phi) is 4.52. The first kappa shape index (κ1) is 11.6. The van der Waals surface area contributed by atoms with Crippen LogP contribution in [0, 0.1) is 0 Å². The van der Waals surface area contributed by atoms with Gasteiger partial charge in [0, 0.05) is 16.5 Å². The number of benzene rings is 1. The molecule has 0 spiro atoms. The number of methoxy groups -OCH3 is 1. The Morgan fingerprint density at radius 2 is 2.21 bits per heavy atom. The van der Waals surface area contributed by atoms with Crippen LogP contribution in [0.2, 0.25) is 5.02 Å². The highest BCUT2D eigenvalue weighted by molar-refractivity contribution is 6.30. The van der Waals surface area contributed by atoms with Crippen LogP contribution in [0.25, 0.3) is 0 Å². The molecule has 0 aliphatic carbocycles. The standard InChI is InChI=1S/C10H12Cl2O2/c1-14-10-3-2-7(12)6-8(10)9(13)4-5-11/h2-3,6,9,13H,4-5H2,1H3. The van der Waals surface area contributed by atoms with Gasteiger partial charge in [-0.05, 0) is 24.6 Å². The molecule has 0 saturated carbocycles. The van der Waals surface area contributed by atoms with Crippen molar-refractivity contribution in [2.45, 2.75) is 12.5 Å². The number of aliphatic hydroxyl groups excluding tert-OH is 1. The van der Waals surface area contributed by atoms with E-state index in [-0.39, 0.29) is 0 Å². The number of halogens is 2. The van der Waals surface area contributed by atoms with Crippen molar-refractivity contribution in [1.82, 2.24) is 0 Å². The minimum atomic E-state index is -0.624. The molecule has 0 aliphatic rings. The summed E-state index contributed by atoms with van der Waals surface area (Å²) in [4.78, 5) is 0. The van der Waals surface area contributed by atoms with Crippen molar-refractivity contribution >= 4 is 23.2 Å². The molecule has 1 unspecified atom stereocenters. The molecule has 0 fully saturated rings. The zero-order chi connectivity index (χ0) is 10.6. The lowest BCUT2D eigenvalue weighted by molar-refractivity contribution is 0.170. The predicted octanol–water partition coefficient (Wildman–Crippen LogP) is 3.01. The molecule has 4 heteroatoms. The van der Waals surface area contributed by atoms with E-state index < -0.39 is 6.10 Å². The third kappa shape index (κ3) is 2.77. The molecular weight excluding hydrogens is 223 g/mol. The highest BCUT2D eigenvalue weighted by atomic mass is 35.5. The summed E-state index contributed by atoms with van der Waals surface area (Å²) in [6.07, 6.45) is -0.140. The summed E-state index contributed by atoms with van der Waals surface area (Å²) in [6.45, 7) is 0. The van der Waals surface area contributed by atoms with E-state index >= 15 is 0 Å². The molecule has 1 atom stereocenters. The van der Waals surface area contributed by atoms with Crippen molar-refractivity contribution in [2.75, 3.05) is 13.0 Å². The molecular formula is C10H12Cl2O2. The van der Waals surface area contributed by atoms with Crippen molar-refractivity contribution in [2.24, 2.45) is 0 Å². The monoisotopic (exact) mass is 234 g/mol. The van der Waals surface area contributed by atoms with Gasteiger partial charge in [-0.25, -0.2) is 0 Å². The van der Waals surface area contributed by atoms with E-state index in [9.17, 15) is 5.11 Å². The average molecular weight is 235 g/mol. The molecule has 0 bridgehead atoms. The van der Waals surface area contributed by atoms with E-state index in [1.165, 1.54) is 0 Å². The first-order valence-electron chi connectivity index (χ1n) is 4.26. The van der Waals surface area contributed by atoms with E-state index in [1.54, 1.807) is 25.3 Å². The molecule has 0 amide bonds. The minimum Gasteiger partial charge on any atom is -0.496 e. The fraction of sp³-hybridized carbons (Fsp3) is 0.400. The third-order valence-corrected chi connectivity index (χ3v) is 2.39. The summed E-state index contributed by atoms with van der Waals surface area (Å²) in [5.74, 6) is 1.03. The fourth-order valence-corrected chi connectivity index (χ4v) is 1.61. The van der Waals surface area contributed by atoms with E-state index in [1.807, 2.05) is 0 Å². The first-order valence-corrected chi connectivity index (χ1v) is 5.17. The van der Waals surface area contributed by atoms with Gasteiger partial charge in [0.15, 0.2) is 0 Å². The van der Waals surface area contributed by atoms with Gasteiger partial charge >= 0.3 is 0 Å². The molecule has 0 radical (unpaired) electrons. The Hall–Kier alpha value is -0.440. The van der Waals surface area contributed by atoms with E-state index in [0.717, 1.165) is 0 Å². The molecule has 0 heterocycles. The van der Waals surface area contributed by atoms with Crippen molar-refractivity contribution < 1.29 is 9.84 Å². The molecule has 78 valence electrons. The average Bonchev–Trinajstić information content (AvgIpc) is 2.18. The summed E-state index contributed by atoms with van der Waals surface area (Å²) in [5.41, 5.74) is 0.681. The maximum atomic E-state index is 9.73. The van der Waals surface area contributed by atoms with Crippen LogP contribution in [0.5, 0.6) is 5.75 Å². The summed E-state index contributed by atoms with van der Waals surface area (Å²) in [6, 6.07) is 5.14.